The zero-order valence-electron chi connectivity index (χ0n) is 11.8. The summed E-state index contributed by atoms with van der Waals surface area (Å²) in [6, 6.07) is 0.519. The van der Waals surface area contributed by atoms with Crippen LogP contribution in [0.3, 0.4) is 0 Å². The van der Waals surface area contributed by atoms with Gasteiger partial charge in [0.05, 0.1) is 11.9 Å². The molecule has 0 bridgehead atoms. The first-order valence-electron chi connectivity index (χ1n) is 6.63. The fourth-order valence-corrected chi connectivity index (χ4v) is 2.35. The average Bonchev–Trinajstić information content (AvgIpc) is 2.74. The summed E-state index contributed by atoms with van der Waals surface area (Å²) in [5, 5.41) is 11.7. The van der Waals surface area contributed by atoms with Gasteiger partial charge in [0.15, 0.2) is 0 Å². The van der Waals surface area contributed by atoms with E-state index in [9.17, 15) is 0 Å². The van der Waals surface area contributed by atoms with Gasteiger partial charge in [-0.2, -0.15) is 0 Å². The Labute approximate surface area is 105 Å². The molecule has 0 aliphatic heterocycles. The Morgan fingerprint density at radius 2 is 2.12 bits per heavy atom. The van der Waals surface area contributed by atoms with Crippen molar-refractivity contribution >= 4 is 0 Å². The topological polar surface area (TPSA) is 42.7 Å². The standard InChI is InChI=1S/C13H26N4/c1-6-8-14-11(3)9-13(4,5)12-10-15-16-17(12)7-2/h10-11,14H,6-9H2,1-5H3. The number of nitrogens with one attached hydrogen (secondary N) is 1. The first-order chi connectivity index (χ1) is 8.01. The smallest absolute Gasteiger partial charge is 0.0730 e. The third-order valence-corrected chi connectivity index (χ3v) is 3.17. The van der Waals surface area contributed by atoms with Gasteiger partial charge in [-0.15, -0.1) is 5.10 Å². The van der Waals surface area contributed by atoms with E-state index in [2.05, 4.69) is 50.2 Å². The van der Waals surface area contributed by atoms with Crippen molar-refractivity contribution in [1.29, 1.82) is 0 Å². The zero-order valence-corrected chi connectivity index (χ0v) is 11.8. The highest BCUT2D eigenvalue weighted by atomic mass is 15.4. The van der Waals surface area contributed by atoms with Gasteiger partial charge in [0.2, 0.25) is 0 Å². The lowest BCUT2D eigenvalue weighted by atomic mass is 9.83. The maximum Gasteiger partial charge on any atom is 0.0730 e. The second-order valence-electron chi connectivity index (χ2n) is 5.38. The minimum absolute atomic E-state index is 0.111. The lowest BCUT2D eigenvalue weighted by Crippen LogP contribution is -2.34. The molecule has 4 heteroatoms. The maximum absolute atomic E-state index is 4.12. The molecule has 4 nitrogen and oxygen atoms in total. The van der Waals surface area contributed by atoms with Crippen LogP contribution in [-0.4, -0.2) is 27.6 Å². The molecule has 0 spiro atoms. The van der Waals surface area contributed by atoms with Crippen molar-refractivity contribution in [3.8, 4) is 0 Å². The van der Waals surface area contributed by atoms with Gasteiger partial charge in [0, 0.05) is 18.0 Å². The highest BCUT2D eigenvalue weighted by Crippen LogP contribution is 2.27. The molecule has 0 saturated heterocycles. The second kappa shape index (κ2) is 6.15. The van der Waals surface area contributed by atoms with Gasteiger partial charge in [0.1, 0.15) is 0 Å². The summed E-state index contributed by atoms with van der Waals surface area (Å²) in [6.07, 6.45) is 4.18. The molecule has 17 heavy (non-hydrogen) atoms. The molecule has 0 aromatic carbocycles. The summed E-state index contributed by atoms with van der Waals surface area (Å²) in [5.41, 5.74) is 1.34. The quantitative estimate of drug-likeness (QED) is 0.793. The third kappa shape index (κ3) is 3.80. The first-order valence-corrected chi connectivity index (χ1v) is 6.63. The van der Waals surface area contributed by atoms with Crippen molar-refractivity contribution in [2.24, 2.45) is 0 Å². The highest BCUT2D eigenvalue weighted by molar-refractivity contribution is 5.10. The molecule has 1 N–H and O–H groups in total. The molecule has 1 rings (SSSR count). The van der Waals surface area contributed by atoms with E-state index in [1.54, 1.807) is 0 Å². The van der Waals surface area contributed by atoms with E-state index < -0.39 is 0 Å². The van der Waals surface area contributed by atoms with E-state index in [-0.39, 0.29) is 5.41 Å². The van der Waals surface area contributed by atoms with Gasteiger partial charge >= 0.3 is 0 Å². The van der Waals surface area contributed by atoms with Crippen molar-refractivity contribution in [1.82, 2.24) is 20.3 Å². The van der Waals surface area contributed by atoms with Crippen LogP contribution in [0.2, 0.25) is 0 Å². The van der Waals surface area contributed by atoms with Crippen molar-refractivity contribution in [2.75, 3.05) is 6.54 Å². The van der Waals surface area contributed by atoms with Gasteiger partial charge in [-0.25, -0.2) is 4.68 Å². The molecule has 0 saturated carbocycles. The van der Waals surface area contributed by atoms with E-state index in [0.29, 0.717) is 6.04 Å². The maximum atomic E-state index is 4.12. The number of rotatable bonds is 7. The van der Waals surface area contributed by atoms with E-state index in [4.69, 9.17) is 0 Å². The fraction of sp³-hybridized carbons (Fsp3) is 0.846. The summed E-state index contributed by atoms with van der Waals surface area (Å²) in [4.78, 5) is 0. The van der Waals surface area contributed by atoms with Crippen LogP contribution in [0.25, 0.3) is 0 Å². The van der Waals surface area contributed by atoms with Crippen LogP contribution in [-0.2, 0) is 12.0 Å². The number of aryl methyl sites for hydroxylation is 1. The second-order valence-corrected chi connectivity index (χ2v) is 5.38. The van der Waals surface area contributed by atoms with Crippen LogP contribution in [0.15, 0.2) is 6.20 Å². The summed E-state index contributed by atoms with van der Waals surface area (Å²) in [7, 11) is 0. The molecule has 98 valence electrons. The van der Waals surface area contributed by atoms with Crippen molar-refractivity contribution < 1.29 is 0 Å². The van der Waals surface area contributed by atoms with Crippen molar-refractivity contribution in [3.63, 3.8) is 0 Å². The first kappa shape index (κ1) is 14.2. The highest BCUT2D eigenvalue weighted by Gasteiger charge is 2.27. The van der Waals surface area contributed by atoms with Gasteiger partial charge in [-0.3, -0.25) is 0 Å². The normalized spacial score (nSPS) is 13.9. The molecular formula is C13H26N4. The minimum Gasteiger partial charge on any atom is -0.314 e. The summed E-state index contributed by atoms with van der Waals surface area (Å²) < 4.78 is 1.99. The van der Waals surface area contributed by atoms with Crippen LogP contribution < -0.4 is 5.32 Å². The third-order valence-electron chi connectivity index (χ3n) is 3.17. The lowest BCUT2D eigenvalue weighted by Gasteiger charge is -2.28. The van der Waals surface area contributed by atoms with Crippen LogP contribution in [0, 0.1) is 0 Å². The number of nitrogens with zero attached hydrogens (tertiary/aromatic N) is 3. The average molecular weight is 238 g/mol. The molecular weight excluding hydrogens is 212 g/mol. The Balaban J connectivity index is 2.67. The van der Waals surface area contributed by atoms with Crippen molar-refractivity contribution in [2.45, 2.75) is 65.5 Å². The summed E-state index contributed by atoms with van der Waals surface area (Å²) >= 11 is 0. The van der Waals surface area contributed by atoms with Crippen LogP contribution >= 0.6 is 0 Å². The van der Waals surface area contributed by atoms with Crippen molar-refractivity contribution in [3.05, 3.63) is 11.9 Å². The lowest BCUT2D eigenvalue weighted by molar-refractivity contribution is 0.365. The van der Waals surface area contributed by atoms with E-state index in [1.165, 1.54) is 12.1 Å². The number of hydrogen-bond donors (Lipinski definition) is 1. The van der Waals surface area contributed by atoms with Gasteiger partial charge in [0.25, 0.3) is 0 Å². The zero-order chi connectivity index (χ0) is 12.9. The summed E-state index contributed by atoms with van der Waals surface area (Å²) in [6.45, 7) is 13.0. The molecule has 0 radical (unpaired) electrons. The number of hydrogen-bond acceptors (Lipinski definition) is 3. The molecule has 1 heterocycles. The van der Waals surface area contributed by atoms with Crippen LogP contribution in [0.5, 0.6) is 0 Å². The molecule has 0 amide bonds. The Morgan fingerprint density at radius 1 is 1.41 bits per heavy atom. The molecule has 1 atom stereocenters. The Hall–Kier alpha value is -0.900. The molecule has 1 aromatic heterocycles. The van der Waals surface area contributed by atoms with Crippen LogP contribution in [0.4, 0.5) is 0 Å². The van der Waals surface area contributed by atoms with E-state index >= 15 is 0 Å². The monoisotopic (exact) mass is 238 g/mol. The van der Waals surface area contributed by atoms with Gasteiger partial charge < -0.3 is 5.32 Å². The largest absolute Gasteiger partial charge is 0.314 e. The Kier molecular flexibility index (Phi) is 5.12. The van der Waals surface area contributed by atoms with Gasteiger partial charge in [-0.1, -0.05) is 26.0 Å². The Bertz CT molecular complexity index is 330. The minimum atomic E-state index is 0.111. The molecule has 0 aliphatic rings. The predicted octanol–water partition coefficient (Wildman–Crippen LogP) is 2.35. The van der Waals surface area contributed by atoms with E-state index in [0.717, 1.165) is 19.5 Å². The summed E-state index contributed by atoms with van der Waals surface area (Å²) in [5.74, 6) is 0. The Morgan fingerprint density at radius 3 is 2.71 bits per heavy atom. The van der Waals surface area contributed by atoms with E-state index in [1.807, 2.05) is 10.9 Å². The van der Waals surface area contributed by atoms with Crippen LogP contribution in [0.1, 0.15) is 53.2 Å². The predicted molar refractivity (Wildman–Crippen MR) is 71.1 cm³/mol. The molecule has 1 unspecified atom stereocenters. The fourth-order valence-electron chi connectivity index (χ4n) is 2.35. The molecule has 1 aromatic rings. The van der Waals surface area contributed by atoms with Gasteiger partial charge in [-0.05, 0) is 33.2 Å². The molecule has 0 fully saturated rings. The molecule has 0 aliphatic carbocycles. The number of aromatic nitrogens is 3. The SMILES string of the molecule is CCCNC(C)CC(C)(C)c1cnnn1CC.